The van der Waals surface area contributed by atoms with Gasteiger partial charge in [0.2, 0.25) is 0 Å². The van der Waals surface area contributed by atoms with Crippen LogP contribution in [0.3, 0.4) is 0 Å². The topological polar surface area (TPSA) is 38.0 Å². The van der Waals surface area contributed by atoms with E-state index in [1.165, 1.54) is 5.56 Å². The average molecular weight is 230 g/mol. The SMILES string of the molecule is CC(C)c1nccn1Cc1ccc(CO)cc1. The van der Waals surface area contributed by atoms with E-state index < -0.39 is 0 Å². The molecule has 3 heteroatoms. The van der Waals surface area contributed by atoms with Crippen LogP contribution in [-0.2, 0) is 13.2 Å². The van der Waals surface area contributed by atoms with Gasteiger partial charge in [-0.1, -0.05) is 38.1 Å². The summed E-state index contributed by atoms with van der Waals surface area (Å²) in [5.74, 6) is 1.54. The van der Waals surface area contributed by atoms with Gasteiger partial charge in [-0.25, -0.2) is 4.98 Å². The third-order valence-electron chi connectivity index (χ3n) is 2.82. The summed E-state index contributed by atoms with van der Waals surface area (Å²) in [6.45, 7) is 5.23. The number of rotatable bonds is 4. The maximum atomic E-state index is 8.99. The van der Waals surface area contributed by atoms with Gasteiger partial charge in [0.25, 0.3) is 0 Å². The Labute approximate surface area is 102 Å². The average Bonchev–Trinajstić information content (AvgIpc) is 2.78. The number of aliphatic hydroxyl groups excluding tert-OH is 1. The molecule has 0 unspecified atom stereocenters. The highest BCUT2D eigenvalue weighted by Gasteiger charge is 2.07. The Morgan fingerprint density at radius 3 is 2.41 bits per heavy atom. The van der Waals surface area contributed by atoms with E-state index in [0.29, 0.717) is 5.92 Å². The molecule has 1 aromatic heterocycles. The van der Waals surface area contributed by atoms with E-state index in [2.05, 4.69) is 35.5 Å². The molecule has 2 rings (SSSR count). The second kappa shape index (κ2) is 5.15. The molecule has 0 radical (unpaired) electrons. The summed E-state index contributed by atoms with van der Waals surface area (Å²) in [6.07, 6.45) is 3.85. The summed E-state index contributed by atoms with van der Waals surface area (Å²) in [4.78, 5) is 4.37. The van der Waals surface area contributed by atoms with Crippen molar-refractivity contribution in [3.8, 4) is 0 Å². The van der Waals surface area contributed by atoms with E-state index in [9.17, 15) is 0 Å². The standard InChI is InChI=1S/C14H18N2O/c1-11(2)14-15-7-8-16(14)9-12-3-5-13(10-17)6-4-12/h3-8,11,17H,9-10H2,1-2H3. The highest BCUT2D eigenvalue weighted by Crippen LogP contribution is 2.14. The van der Waals surface area contributed by atoms with Crippen molar-refractivity contribution in [1.29, 1.82) is 0 Å². The van der Waals surface area contributed by atoms with Crippen LogP contribution < -0.4 is 0 Å². The summed E-state index contributed by atoms with van der Waals surface area (Å²) in [6, 6.07) is 8.02. The van der Waals surface area contributed by atoms with E-state index in [1.807, 2.05) is 24.5 Å². The van der Waals surface area contributed by atoms with Crippen molar-refractivity contribution >= 4 is 0 Å². The molecule has 1 heterocycles. The Balaban J connectivity index is 2.16. The number of aliphatic hydroxyl groups is 1. The molecule has 0 aliphatic carbocycles. The zero-order valence-electron chi connectivity index (χ0n) is 10.3. The predicted octanol–water partition coefficient (Wildman–Crippen LogP) is 2.55. The van der Waals surface area contributed by atoms with Crippen LogP contribution in [-0.4, -0.2) is 14.7 Å². The van der Waals surface area contributed by atoms with Gasteiger partial charge in [-0.2, -0.15) is 0 Å². The van der Waals surface area contributed by atoms with Crippen LogP contribution in [0.4, 0.5) is 0 Å². The lowest BCUT2D eigenvalue weighted by molar-refractivity contribution is 0.282. The van der Waals surface area contributed by atoms with Crippen molar-refractivity contribution < 1.29 is 5.11 Å². The molecule has 1 N–H and O–H groups in total. The third-order valence-corrected chi connectivity index (χ3v) is 2.82. The highest BCUT2D eigenvalue weighted by atomic mass is 16.3. The minimum Gasteiger partial charge on any atom is -0.392 e. The monoisotopic (exact) mass is 230 g/mol. The maximum Gasteiger partial charge on any atom is 0.111 e. The zero-order chi connectivity index (χ0) is 12.3. The summed E-state index contributed by atoms with van der Waals surface area (Å²) >= 11 is 0. The molecule has 2 aromatic rings. The molecule has 0 saturated heterocycles. The predicted molar refractivity (Wildman–Crippen MR) is 67.8 cm³/mol. The Hall–Kier alpha value is -1.61. The molecule has 17 heavy (non-hydrogen) atoms. The molecule has 0 saturated carbocycles. The van der Waals surface area contributed by atoms with Gasteiger partial charge in [-0.15, -0.1) is 0 Å². The van der Waals surface area contributed by atoms with Gasteiger partial charge in [-0.3, -0.25) is 0 Å². The highest BCUT2D eigenvalue weighted by molar-refractivity contribution is 5.22. The first-order valence-corrected chi connectivity index (χ1v) is 5.90. The summed E-state index contributed by atoms with van der Waals surface area (Å²) in [5.41, 5.74) is 2.17. The number of aromatic nitrogens is 2. The van der Waals surface area contributed by atoms with Gasteiger partial charge in [0.1, 0.15) is 5.82 Å². The molecule has 0 spiro atoms. The van der Waals surface area contributed by atoms with Crippen LogP contribution >= 0.6 is 0 Å². The van der Waals surface area contributed by atoms with E-state index in [-0.39, 0.29) is 6.61 Å². The lowest BCUT2D eigenvalue weighted by Crippen LogP contribution is -2.05. The lowest BCUT2D eigenvalue weighted by Gasteiger charge is -2.10. The molecule has 3 nitrogen and oxygen atoms in total. The van der Waals surface area contributed by atoms with Crippen molar-refractivity contribution in [2.24, 2.45) is 0 Å². The Morgan fingerprint density at radius 1 is 1.18 bits per heavy atom. The number of hydrogen-bond acceptors (Lipinski definition) is 2. The maximum absolute atomic E-state index is 8.99. The first-order valence-electron chi connectivity index (χ1n) is 5.90. The van der Waals surface area contributed by atoms with E-state index in [1.54, 1.807) is 0 Å². The zero-order valence-corrected chi connectivity index (χ0v) is 10.3. The van der Waals surface area contributed by atoms with Gasteiger partial charge < -0.3 is 9.67 Å². The van der Waals surface area contributed by atoms with Gasteiger partial charge in [0, 0.05) is 24.9 Å². The Bertz CT molecular complexity index is 471. The van der Waals surface area contributed by atoms with Crippen LogP contribution in [0.2, 0.25) is 0 Å². The molecule has 0 atom stereocenters. The molecule has 0 fully saturated rings. The van der Waals surface area contributed by atoms with Crippen LogP contribution in [0, 0.1) is 0 Å². The minimum atomic E-state index is 0.0998. The molecule has 0 amide bonds. The second-order valence-electron chi connectivity index (χ2n) is 4.54. The number of nitrogens with zero attached hydrogens (tertiary/aromatic N) is 2. The molecular weight excluding hydrogens is 212 g/mol. The fraction of sp³-hybridized carbons (Fsp3) is 0.357. The quantitative estimate of drug-likeness (QED) is 0.876. The summed E-state index contributed by atoms with van der Waals surface area (Å²) < 4.78 is 2.17. The first-order chi connectivity index (χ1) is 8.20. The number of imidazole rings is 1. The fourth-order valence-corrected chi connectivity index (χ4v) is 1.90. The van der Waals surface area contributed by atoms with E-state index in [0.717, 1.165) is 17.9 Å². The second-order valence-corrected chi connectivity index (χ2v) is 4.54. The van der Waals surface area contributed by atoms with Crippen molar-refractivity contribution in [2.75, 3.05) is 0 Å². The molecule has 1 aromatic carbocycles. The molecule has 0 aliphatic heterocycles. The van der Waals surface area contributed by atoms with Crippen molar-refractivity contribution in [1.82, 2.24) is 9.55 Å². The minimum absolute atomic E-state index is 0.0998. The molecule has 90 valence electrons. The molecule has 0 aliphatic rings. The number of hydrogen-bond donors (Lipinski definition) is 1. The van der Waals surface area contributed by atoms with Gasteiger partial charge >= 0.3 is 0 Å². The lowest BCUT2D eigenvalue weighted by atomic mass is 10.1. The third kappa shape index (κ3) is 2.74. The Kier molecular flexibility index (Phi) is 3.59. The van der Waals surface area contributed by atoms with Crippen molar-refractivity contribution in [3.05, 3.63) is 53.6 Å². The van der Waals surface area contributed by atoms with Gasteiger partial charge in [0.05, 0.1) is 6.61 Å². The van der Waals surface area contributed by atoms with Crippen LogP contribution in [0.25, 0.3) is 0 Å². The van der Waals surface area contributed by atoms with Gasteiger partial charge in [-0.05, 0) is 11.1 Å². The normalized spacial score (nSPS) is 11.1. The smallest absolute Gasteiger partial charge is 0.111 e. The Morgan fingerprint density at radius 2 is 1.82 bits per heavy atom. The largest absolute Gasteiger partial charge is 0.392 e. The van der Waals surface area contributed by atoms with Crippen molar-refractivity contribution in [2.45, 2.75) is 32.9 Å². The van der Waals surface area contributed by atoms with Crippen LogP contribution in [0.15, 0.2) is 36.7 Å². The molecule has 0 bridgehead atoms. The van der Waals surface area contributed by atoms with Crippen molar-refractivity contribution in [3.63, 3.8) is 0 Å². The van der Waals surface area contributed by atoms with Gasteiger partial charge in [0.15, 0.2) is 0 Å². The van der Waals surface area contributed by atoms with Crippen LogP contribution in [0.1, 0.15) is 36.7 Å². The van der Waals surface area contributed by atoms with E-state index >= 15 is 0 Å². The van der Waals surface area contributed by atoms with Crippen LogP contribution in [0.5, 0.6) is 0 Å². The summed E-state index contributed by atoms with van der Waals surface area (Å²) in [5, 5.41) is 8.99. The molecular formula is C14H18N2O. The van der Waals surface area contributed by atoms with E-state index in [4.69, 9.17) is 5.11 Å². The summed E-state index contributed by atoms with van der Waals surface area (Å²) in [7, 11) is 0. The number of benzene rings is 1. The fourth-order valence-electron chi connectivity index (χ4n) is 1.90. The first kappa shape index (κ1) is 11.9.